The fourth-order valence-corrected chi connectivity index (χ4v) is 4.56. The number of carbonyl (C=O) groups excluding carboxylic acids is 2. The molecule has 7 nitrogen and oxygen atoms in total. The van der Waals surface area contributed by atoms with Crippen LogP contribution in [0.1, 0.15) is 58.5 Å². The van der Waals surface area contributed by atoms with E-state index in [4.69, 9.17) is 9.72 Å². The van der Waals surface area contributed by atoms with Crippen molar-refractivity contribution in [2.45, 2.75) is 51.6 Å². The Labute approximate surface area is 173 Å². The molecular weight excluding hydrogens is 388 g/mol. The molecule has 4 rings (SSSR count). The summed E-state index contributed by atoms with van der Waals surface area (Å²) >= 11 is 1.50. The molecule has 152 valence electrons. The summed E-state index contributed by atoms with van der Waals surface area (Å²) in [5.74, 6) is 0.374. The van der Waals surface area contributed by atoms with Crippen molar-refractivity contribution in [3.63, 3.8) is 0 Å². The summed E-state index contributed by atoms with van der Waals surface area (Å²) in [6.07, 6.45) is 4.35. The molecule has 0 saturated carbocycles. The molecule has 1 aliphatic rings. The van der Waals surface area contributed by atoms with Crippen LogP contribution in [0.2, 0.25) is 0 Å². The van der Waals surface area contributed by atoms with E-state index in [0.717, 1.165) is 47.8 Å². The van der Waals surface area contributed by atoms with Gasteiger partial charge >= 0.3 is 5.97 Å². The van der Waals surface area contributed by atoms with Crippen LogP contribution in [0.3, 0.4) is 0 Å². The first kappa shape index (κ1) is 19.6. The zero-order valence-electron chi connectivity index (χ0n) is 16.6. The van der Waals surface area contributed by atoms with Gasteiger partial charge in [-0.3, -0.25) is 9.59 Å². The average Bonchev–Trinajstić information content (AvgIpc) is 3.29. The minimum absolute atomic E-state index is 0.0790. The second-order valence-corrected chi connectivity index (χ2v) is 8.27. The normalized spacial score (nSPS) is 14.8. The molecule has 4 heterocycles. The highest BCUT2D eigenvalue weighted by atomic mass is 32.1. The minimum atomic E-state index is -0.445. The molecule has 0 aliphatic carbocycles. The topological polar surface area (TPSA) is 86.1 Å². The average molecular weight is 413 g/mol. The van der Waals surface area contributed by atoms with Crippen molar-refractivity contribution in [2.75, 3.05) is 7.11 Å². The minimum Gasteiger partial charge on any atom is -0.469 e. The zero-order chi connectivity index (χ0) is 20.4. The molecule has 0 fully saturated rings. The van der Waals surface area contributed by atoms with Crippen LogP contribution in [-0.2, 0) is 22.5 Å². The van der Waals surface area contributed by atoms with E-state index in [9.17, 15) is 9.59 Å². The number of hydrogen-bond acceptors (Lipinski definition) is 6. The van der Waals surface area contributed by atoms with Crippen LogP contribution in [-0.4, -0.2) is 33.5 Å². The van der Waals surface area contributed by atoms with E-state index in [1.807, 2.05) is 24.4 Å². The van der Waals surface area contributed by atoms with Gasteiger partial charge in [-0.25, -0.2) is 9.97 Å². The highest BCUT2D eigenvalue weighted by Crippen LogP contribution is 2.26. The molecule has 0 radical (unpaired) electrons. The number of fused-ring (bicyclic) bond motifs is 3. The highest BCUT2D eigenvalue weighted by molar-refractivity contribution is 7.10. The fourth-order valence-electron chi connectivity index (χ4n) is 3.79. The smallest absolute Gasteiger partial charge is 0.307 e. The van der Waals surface area contributed by atoms with Gasteiger partial charge in [0.1, 0.15) is 11.3 Å². The number of rotatable bonds is 5. The quantitative estimate of drug-likeness (QED) is 0.648. The molecule has 0 unspecified atom stereocenters. The maximum Gasteiger partial charge on any atom is 0.307 e. The number of amides is 1. The van der Waals surface area contributed by atoms with E-state index in [-0.39, 0.29) is 18.3 Å². The summed E-state index contributed by atoms with van der Waals surface area (Å²) in [6.45, 7) is 2.77. The molecule has 8 heteroatoms. The lowest BCUT2D eigenvalue weighted by molar-refractivity contribution is -0.141. The molecule has 1 atom stereocenters. The van der Waals surface area contributed by atoms with Crippen molar-refractivity contribution in [3.8, 4) is 0 Å². The Morgan fingerprint density at radius 3 is 2.93 bits per heavy atom. The number of aromatic nitrogens is 3. The molecule has 3 aromatic rings. The van der Waals surface area contributed by atoms with Gasteiger partial charge in [-0.15, -0.1) is 11.3 Å². The van der Waals surface area contributed by atoms with Gasteiger partial charge in [-0.2, -0.15) is 0 Å². The summed E-state index contributed by atoms with van der Waals surface area (Å²) in [5, 5.41) is 4.93. The summed E-state index contributed by atoms with van der Waals surface area (Å²) in [5.41, 5.74) is 2.68. The van der Waals surface area contributed by atoms with Crippen LogP contribution in [0.5, 0.6) is 0 Å². The first-order chi connectivity index (χ1) is 14.1. The van der Waals surface area contributed by atoms with Crippen molar-refractivity contribution >= 4 is 34.4 Å². The van der Waals surface area contributed by atoms with E-state index in [1.54, 1.807) is 6.07 Å². The Morgan fingerprint density at radius 2 is 2.17 bits per heavy atom. The third kappa shape index (κ3) is 4.03. The number of aryl methyl sites for hydroxylation is 3. The SMILES string of the molecule is COC(=O)C[C@@H](NC(=O)c1cc(C)nc2c1nc1n2CCCCC1)c1cccs1. The zero-order valence-corrected chi connectivity index (χ0v) is 17.4. The van der Waals surface area contributed by atoms with E-state index in [2.05, 4.69) is 14.9 Å². The number of nitrogens with one attached hydrogen (secondary N) is 1. The van der Waals surface area contributed by atoms with Crippen molar-refractivity contribution in [2.24, 2.45) is 0 Å². The van der Waals surface area contributed by atoms with E-state index in [1.165, 1.54) is 24.9 Å². The van der Waals surface area contributed by atoms with Crippen LogP contribution in [0.25, 0.3) is 11.2 Å². The maximum atomic E-state index is 13.2. The predicted octanol–water partition coefficient (Wildman–Crippen LogP) is 3.56. The van der Waals surface area contributed by atoms with Gasteiger partial charge in [-0.05, 0) is 37.3 Å². The molecule has 1 aliphatic heterocycles. The van der Waals surface area contributed by atoms with Crippen LogP contribution in [0.4, 0.5) is 0 Å². The monoisotopic (exact) mass is 412 g/mol. The Morgan fingerprint density at radius 1 is 1.31 bits per heavy atom. The lowest BCUT2D eigenvalue weighted by Gasteiger charge is -2.17. The number of thiophene rings is 1. The van der Waals surface area contributed by atoms with Gasteiger partial charge in [0.05, 0.1) is 25.1 Å². The number of imidazole rings is 1. The number of nitrogens with zero attached hydrogens (tertiary/aromatic N) is 3. The first-order valence-electron chi connectivity index (χ1n) is 9.84. The second-order valence-electron chi connectivity index (χ2n) is 7.30. The van der Waals surface area contributed by atoms with Gasteiger partial charge in [0.25, 0.3) is 5.91 Å². The molecule has 0 bridgehead atoms. The number of pyridine rings is 1. The predicted molar refractivity (Wildman–Crippen MR) is 111 cm³/mol. The van der Waals surface area contributed by atoms with Gasteiger partial charge < -0.3 is 14.6 Å². The van der Waals surface area contributed by atoms with Crippen molar-refractivity contribution in [3.05, 3.63) is 45.5 Å². The van der Waals surface area contributed by atoms with E-state index >= 15 is 0 Å². The van der Waals surface area contributed by atoms with Gasteiger partial charge in [0, 0.05) is 23.5 Å². The number of hydrogen-bond donors (Lipinski definition) is 1. The van der Waals surface area contributed by atoms with Gasteiger partial charge in [0.2, 0.25) is 0 Å². The van der Waals surface area contributed by atoms with Crippen LogP contribution in [0, 0.1) is 6.92 Å². The molecule has 29 heavy (non-hydrogen) atoms. The summed E-state index contributed by atoms with van der Waals surface area (Å²) in [7, 11) is 1.35. The van der Waals surface area contributed by atoms with E-state index in [0.29, 0.717) is 11.1 Å². The van der Waals surface area contributed by atoms with Crippen LogP contribution < -0.4 is 5.32 Å². The second kappa shape index (κ2) is 8.32. The summed E-state index contributed by atoms with van der Waals surface area (Å²) in [6, 6.07) is 5.13. The molecule has 1 N–H and O–H groups in total. The van der Waals surface area contributed by atoms with Crippen molar-refractivity contribution in [1.29, 1.82) is 0 Å². The van der Waals surface area contributed by atoms with E-state index < -0.39 is 6.04 Å². The standard InChI is InChI=1S/C21H24N4O3S/c1-13-11-14(19-20(22-13)25-9-5-3-4-8-17(25)24-19)21(27)23-15(12-18(26)28-2)16-7-6-10-29-16/h6-7,10-11,15H,3-5,8-9,12H2,1-2H3,(H,23,27)/t15-/m1/s1. The molecular formula is C21H24N4O3S. The fraction of sp³-hybridized carbons (Fsp3) is 0.429. The Hall–Kier alpha value is -2.74. The summed E-state index contributed by atoms with van der Waals surface area (Å²) < 4.78 is 6.96. The molecule has 3 aromatic heterocycles. The molecule has 0 spiro atoms. The Balaban J connectivity index is 1.69. The Kier molecular flexibility index (Phi) is 5.62. The van der Waals surface area contributed by atoms with Gasteiger partial charge in [-0.1, -0.05) is 12.5 Å². The lowest BCUT2D eigenvalue weighted by Crippen LogP contribution is -2.30. The first-order valence-corrected chi connectivity index (χ1v) is 10.7. The molecule has 0 aromatic carbocycles. The molecule has 0 saturated heterocycles. The van der Waals surface area contributed by atoms with Gasteiger partial charge in [0.15, 0.2) is 5.65 Å². The largest absolute Gasteiger partial charge is 0.469 e. The van der Waals surface area contributed by atoms with Crippen molar-refractivity contribution < 1.29 is 14.3 Å². The number of carbonyl (C=O) groups is 2. The van der Waals surface area contributed by atoms with Crippen molar-refractivity contribution in [1.82, 2.24) is 19.9 Å². The van der Waals surface area contributed by atoms with Crippen LogP contribution in [0.15, 0.2) is 23.6 Å². The highest BCUT2D eigenvalue weighted by Gasteiger charge is 2.24. The number of ether oxygens (including phenoxy) is 1. The van der Waals surface area contributed by atoms with Crippen LogP contribution >= 0.6 is 11.3 Å². The molecule has 1 amide bonds. The third-order valence-corrected chi connectivity index (χ3v) is 6.21. The maximum absolute atomic E-state index is 13.2. The number of esters is 1. The third-order valence-electron chi connectivity index (χ3n) is 5.23. The Bertz CT molecular complexity index is 1040. The number of methoxy groups -OCH3 is 1. The summed E-state index contributed by atoms with van der Waals surface area (Å²) in [4.78, 5) is 35.5. The lowest BCUT2D eigenvalue weighted by atomic mass is 10.1.